The van der Waals surface area contributed by atoms with E-state index in [1.54, 1.807) is 0 Å². The molecule has 0 spiro atoms. The van der Waals surface area contributed by atoms with Gasteiger partial charge in [-0.3, -0.25) is 0 Å². The topological polar surface area (TPSA) is 18.5 Å². The SMILES string of the molecule is CC=Cc1ccccc1OCC1(CBr)CCOCC1. The molecule has 0 unspecified atom stereocenters. The van der Waals surface area contributed by atoms with Crippen LogP contribution in [-0.2, 0) is 4.74 Å². The molecule has 1 aromatic carbocycles. The number of benzene rings is 1. The summed E-state index contributed by atoms with van der Waals surface area (Å²) < 4.78 is 11.5. The first-order valence-electron chi connectivity index (χ1n) is 6.78. The van der Waals surface area contributed by atoms with Crippen LogP contribution in [0.1, 0.15) is 25.3 Å². The normalized spacial score (nSPS) is 18.6. The van der Waals surface area contributed by atoms with Gasteiger partial charge in [-0.2, -0.15) is 0 Å². The smallest absolute Gasteiger partial charge is 0.126 e. The van der Waals surface area contributed by atoms with Crippen molar-refractivity contribution in [2.24, 2.45) is 5.41 Å². The largest absolute Gasteiger partial charge is 0.492 e. The summed E-state index contributed by atoms with van der Waals surface area (Å²) in [5.74, 6) is 0.965. The minimum absolute atomic E-state index is 0.210. The molecule has 1 aliphatic heterocycles. The fourth-order valence-corrected chi connectivity index (χ4v) is 3.00. The Morgan fingerprint density at radius 3 is 2.74 bits per heavy atom. The van der Waals surface area contributed by atoms with E-state index in [0.717, 1.165) is 49.3 Å². The molecular weight excluding hydrogens is 304 g/mol. The van der Waals surface area contributed by atoms with E-state index >= 15 is 0 Å². The van der Waals surface area contributed by atoms with Crippen LogP contribution in [-0.4, -0.2) is 25.2 Å². The van der Waals surface area contributed by atoms with Crippen molar-refractivity contribution in [3.63, 3.8) is 0 Å². The van der Waals surface area contributed by atoms with Gasteiger partial charge >= 0.3 is 0 Å². The molecule has 0 radical (unpaired) electrons. The van der Waals surface area contributed by atoms with E-state index in [1.165, 1.54) is 0 Å². The fraction of sp³-hybridized carbons (Fsp3) is 0.500. The summed E-state index contributed by atoms with van der Waals surface area (Å²) in [6, 6.07) is 8.18. The number of para-hydroxylation sites is 1. The average molecular weight is 325 g/mol. The van der Waals surface area contributed by atoms with Crippen molar-refractivity contribution in [3.05, 3.63) is 35.9 Å². The zero-order chi connectivity index (χ0) is 13.6. The average Bonchev–Trinajstić information content (AvgIpc) is 2.48. The van der Waals surface area contributed by atoms with Gasteiger partial charge in [-0.25, -0.2) is 0 Å². The third-order valence-corrected chi connectivity index (χ3v) is 4.83. The lowest BCUT2D eigenvalue weighted by atomic mass is 9.83. The minimum Gasteiger partial charge on any atom is -0.492 e. The third-order valence-electron chi connectivity index (χ3n) is 3.64. The van der Waals surface area contributed by atoms with Gasteiger partial charge in [0.15, 0.2) is 0 Å². The Labute approximate surface area is 123 Å². The van der Waals surface area contributed by atoms with Crippen LogP contribution in [0.3, 0.4) is 0 Å². The Morgan fingerprint density at radius 2 is 2.05 bits per heavy atom. The van der Waals surface area contributed by atoms with E-state index in [9.17, 15) is 0 Å². The summed E-state index contributed by atoms with van der Waals surface area (Å²) >= 11 is 3.64. The summed E-state index contributed by atoms with van der Waals surface area (Å²) in [5, 5.41) is 0.967. The van der Waals surface area contributed by atoms with Gasteiger partial charge in [0.2, 0.25) is 0 Å². The minimum atomic E-state index is 0.210. The van der Waals surface area contributed by atoms with Gasteiger partial charge in [0, 0.05) is 29.5 Å². The second kappa shape index (κ2) is 7.11. The molecule has 2 nitrogen and oxygen atoms in total. The molecule has 1 aliphatic rings. The fourth-order valence-electron chi connectivity index (χ4n) is 2.28. The molecule has 3 heteroatoms. The lowest BCUT2D eigenvalue weighted by Gasteiger charge is -2.35. The van der Waals surface area contributed by atoms with Gasteiger partial charge in [-0.05, 0) is 25.8 Å². The maximum atomic E-state index is 6.09. The highest BCUT2D eigenvalue weighted by Crippen LogP contribution is 2.34. The highest BCUT2D eigenvalue weighted by molar-refractivity contribution is 9.09. The van der Waals surface area contributed by atoms with Crippen LogP contribution in [0, 0.1) is 5.41 Å². The van der Waals surface area contributed by atoms with Crippen molar-refractivity contribution < 1.29 is 9.47 Å². The second-order valence-corrected chi connectivity index (χ2v) is 5.63. The van der Waals surface area contributed by atoms with Crippen LogP contribution in [0.15, 0.2) is 30.3 Å². The van der Waals surface area contributed by atoms with Crippen molar-refractivity contribution in [1.29, 1.82) is 0 Å². The Morgan fingerprint density at radius 1 is 1.32 bits per heavy atom. The van der Waals surface area contributed by atoms with Gasteiger partial charge in [-0.1, -0.05) is 46.3 Å². The number of hydrogen-bond donors (Lipinski definition) is 0. The number of ether oxygens (including phenoxy) is 2. The quantitative estimate of drug-likeness (QED) is 0.752. The van der Waals surface area contributed by atoms with Crippen LogP contribution in [0.2, 0.25) is 0 Å². The zero-order valence-electron chi connectivity index (χ0n) is 11.4. The molecule has 0 bridgehead atoms. The number of allylic oxidation sites excluding steroid dienone is 1. The molecule has 104 valence electrons. The van der Waals surface area contributed by atoms with Crippen molar-refractivity contribution in [2.75, 3.05) is 25.2 Å². The number of alkyl halides is 1. The predicted molar refractivity (Wildman–Crippen MR) is 82.9 cm³/mol. The highest BCUT2D eigenvalue weighted by Gasteiger charge is 2.32. The number of hydrogen-bond acceptors (Lipinski definition) is 2. The van der Waals surface area contributed by atoms with Crippen molar-refractivity contribution in [2.45, 2.75) is 19.8 Å². The number of halogens is 1. The second-order valence-electron chi connectivity index (χ2n) is 5.07. The maximum Gasteiger partial charge on any atom is 0.126 e. The molecule has 19 heavy (non-hydrogen) atoms. The highest BCUT2D eigenvalue weighted by atomic mass is 79.9. The monoisotopic (exact) mass is 324 g/mol. The van der Waals surface area contributed by atoms with E-state index in [1.807, 2.05) is 31.2 Å². The molecule has 1 fully saturated rings. The van der Waals surface area contributed by atoms with Crippen LogP contribution in [0.5, 0.6) is 5.75 Å². The summed E-state index contributed by atoms with van der Waals surface area (Å²) in [7, 11) is 0. The van der Waals surface area contributed by atoms with E-state index < -0.39 is 0 Å². The first-order valence-corrected chi connectivity index (χ1v) is 7.90. The predicted octanol–water partition coefficient (Wildman–Crippen LogP) is 4.29. The number of rotatable bonds is 5. The molecule has 1 aromatic rings. The third kappa shape index (κ3) is 3.83. The van der Waals surface area contributed by atoms with Crippen LogP contribution in [0.25, 0.3) is 6.08 Å². The Balaban J connectivity index is 2.04. The van der Waals surface area contributed by atoms with Gasteiger partial charge in [0.05, 0.1) is 6.61 Å². The summed E-state index contributed by atoms with van der Waals surface area (Å²) in [5.41, 5.74) is 1.35. The van der Waals surface area contributed by atoms with Crippen LogP contribution < -0.4 is 4.74 Å². The van der Waals surface area contributed by atoms with Crippen molar-refractivity contribution in [3.8, 4) is 5.75 Å². The molecule has 0 amide bonds. The Bertz CT molecular complexity index is 423. The molecular formula is C16H21BrO2. The lowest BCUT2D eigenvalue weighted by molar-refractivity contribution is 0.00351. The molecule has 0 atom stereocenters. The van der Waals surface area contributed by atoms with Crippen LogP contribution in [0.4, 0.5) is 0 Å². The first-order chi connectivity index (χ1) is 9.29. The molecule has 0 aromatic heterocycles. The zero-order valence-corrected chi connectivity index (χ0v) is 13.0. The Kier molecular flexibility index (Phi) is 5.46. The summed E-state index contributed by atoms with van der Waals surface area (Å²) in [6.45, 7) is 4.45. The van der Waals surface area contributed by atoms with E-state index in [0.29, 0.717) is 0 Å². The molecule has 0 saturated carbocycles. The van der Waals surface area contributed by atoms with Gasteiger partial charge in [-0.15, -0.1) is 0 Å². The van der Waals surface area contributed by atoms with E-state index in [-0.39, 0.29) is 5.41 Å². The molecule has 1 saturated heterocycles. The van der Waals surface area contributed by atoms with Gasteiger partial charge in [0.1, 0.15) is 5.75 Å². The van der Waals surface area contributed by atoms with Gasteiger partial charge < -0.3 is 9.47 Å². The van der Waals surface area contributed by atoms with E-state index in [4.69, 9.17) is 9.47 Å². The van der Waals surface area contributed by atoms with Gasteiger partial charge in [0.25, 0.3) is 0 Å². The van der Waals surface area contributed by atoms with Crippen molar-refractivity contribution >= 4 is 22.0 Å². The van der Waals surface area contributed by atoms with Crippen molar-refractivity contribution in [1.82, 2.24) is 0 Å². The molecule has 0 N–H and O–H groups in total. The Hall–Kier alpha value is -0.800. The van der Waals surface area contributed by atoms with E-state index in [2.05, 4.69) is 28.1 Å². The molecule has 0 aliphatic carbocycles. The first kappa shape index (κ1) is 14.6. The summed E-state index contributed by atoms with van der Waals surface area (Å²) in [4.78, 5) is 0. The lowest BCUT2D eigenvalue weighted by Crippen LogP contribution is -2.36. The van der Waals surface area contributed by atoms with Crippen LogP contribution >= 0.6 is 15.9 Å². The maximum absolute atomic E-state index is 6.09. The standard InChI is InChI=1S/C16H21BrO2/c1-2-5-14-6-3-4-7-15(14)19-13-16(12-17)8-10-18-11-9-16/h2-7H,8-13H2,1H3. The molecule has 2 rings (SSSR count). The summed E-state index contributed by atoms with van der Waals surface area (Å²) in [6.07, 6.45) is 6.24. The molecule has 1 heterocycles.